The monoisotopic (exact) mass is 307 g/mol. The van der Waals surface area contributed by atoms with Gasteiger partial charge in [-0.2, -0.15) is 4.98 Å². The summed E-state index contributed by atoms with van der Waals surface area (Å²) < 4.78 is 10.8. The highest BCUT2D eigenvalue weighted by Gasteiger charge is 2.13. The molecular formula is C15H18ClN3O2. The molecule has 2 aromatic rings. The zero-order valence-corrected chi connectivity index (χ0v) is 12.8. The maximum atomic E-state index is 6.08. The number of methoxy groups -OCH3 is 1. The third-order valence-electron chi connectivity index (χ3n) is 2.90. The minimum absolute atomic E-state index is 0.0757. The van der Waals surface area contributed by atoms with Crippen LogP contribution in [0.5, 0.6) is 6.01 Å². The Balaban J connectivity index is 2.08. The van der Waals surface area contributed by atoms with Crippen molar-refractivity contribution in [1.82, 2.24) is 9.97 Å². The van der Waals surface area contributed by atoms with Gasteiger partial charge in [-0.05, 0) is 12.5 Å². The highest BCUT2D eigenvalue weighted by atomic mass is 35.5. The molecule has 2 rings (SSSR count). The van der Waals surface area contributed by atoms with Crippen molar-refractivity contribution in [2.45, 2.75) is 13.0 Å². The van der Waals surface area contributed by atoms with E-state index < -0.39 is 0 Å². The lowest BCUT2D eigenvalue weighted by Crippen LogP contribution is -2.17. The van der Waals surface area contributed by atoms with Crippen LogP contribution in [0, 0.1) is 0 Å². The average Bonchev–Trinajstić information content (AvgIpc) is 2.53. The Hall–Kier alpha value is -1.85. The van der Waals surface area contributed by atoms with E-state index in [9.17, 15) is 0 Å². The summed E-state index contributed by atoms with van der Waals surface area (Å²) >= 11 is 6.08. The number of ether oxygens (including phenoxy) is 2. The second kappa shape index (κ2) is 7.81. The number of anilines is 1. The summed E-state index contributed by atoms with van der Waals surface area (Å²) in [6.45, 7) is 3.15. The normalized spacial score (nSPS) is 12.0. The third kappa shape index (κ3) is 4.31. The Labute approximate surface area is 129 Å². The van der Waals surface area contributed by atoms with Crippen molar-refractivity contribution in [2.24, 2.45) is 0 Å². The zero-order chi connectivity index (χ0) is 15.1. The molecule has 0 aliphatic rings. The molecule has 0 saturated carbocycles. The Morgan fingerprint density at radius 1 is 1.29 bits per heavy atom. The quantitative estimate of drug-likeness (QED) is 0.850. The van der Waals surface area contributed by atoms with E-state index in [2.05, 4.69) is 15.3 Å². The predicted octanol–water partition coefficient (Wildman–Crippen LogP) is 3.33. The fourth-order valence-electron chi connectivity index (χ4n) is 1.90. The molecule has 0 aliphatic heterocycles. The first-order valence-electron chi connectivity index (χ1n) is 6.71. The molecular weight excluding hydrogens is 290 g/mol. The number of benzene rings is 1. The Bertz CT molecular complexity index is 566. The number of nitrogens with zero attached hydrogens (tertiary/aromatic N) is 2. The lowest BCUT2D eigenvalue weighted by molar-refractivity contribution is 0.0718. The number of halogens is 1. The van der Waals surface area contributed by atoms with Crippen molar-refractivity contribution in [3.05, 3.63) is 47.1 Å². The maximum absolute atomic E-state index is 6.08. The fraction of sp³-hybridized carbons (Fsp3) is 0.333. The first-order chi connectivity index (χ1) is 10.2. The minimum Gasteiger partial charge on any atom is -0.467 e. The van der Waals surface area contributed by atoms with Gasteiger partial charge in [-0.1, -0.05) is 41.9 Å². The van der Waals surface area contributed by atoms with Crippen LogP contribution >= 0.6 is 11.6 Å². The first kappa shape index (κ1) is 15.5. The molecule has 0 spiro atoms. The van der Waals surface area contributed by atoms with Gasteiger partial charge in [0.15, 0.2) is 5.82 Å². The SMILES string of the molecule is CCOC(CNc1nc(OC)ncc1Cl)c1ccccc1. The van der Waals surface area contributed by atoms with Gasteiger partial charge in [0.1, 0.15) is 5.02 Å². The topological polar surface area (TPSA) is 56.3 Å². The van der Waals surface area contributed by atoms with Crippen LogP contribution in [0.2, 0.25) is 5.02 Å². The van der Waals surface area contributed by atoms with E-state index in [1.54, 1.807) is 0 Å². The van der Waals surface area contributed by atoms with Crippen molar-refractivity contribution in [1.29, 1.82) is 0 Å². The lowest BCUT2D eigenvalue weighted by Gasteiger charge is -2.18. The summed E-state index contributed by atoms with van der Waals surface area (Å²) in [6.07, 6.45) is 1.43. The number of aromatic nitrogens is 2. The largest absolute Gasteiger partial charge is 0.467 e. The molecule has 0 saturated heterocycles. The summed E-state index contributed by atoms with van der Waals surface area (Å²) in [5.41, 5.74) is 1.10. The molecule has 0 fully saturated rings. The van der Waals surface area contributed by atoms with Gasteiger partial charge in [-0.25, -0.2) is 4.98 Å². The smallest absolute Gasteiger partial charge is 0.318 e. The van der Waals surface area contributed by atoms with E-state index >= 15 is 0 Å². The molecule has 1 unspecified atom stereocenters. The van der Waals surface area contributed by atoms with E-state index in [-0.39, 0.29) is 12.1 Å². The van der Waals surface area contributed by atoms with E-state index in [1.165, 1.54) is 13.3 Å². The Kier molecular flexibility index (Phi) is 5.78. The summed E-state index contributed by atoms with van der Waals surface area (Å²) in [5, 5.41) is 3.63. The number of hydrogen-bond donors (Lipinski definition) is 1. The average molecular weight is 308 g/mol. The summed E-state index contributed by atoms with van der Waals surface area (Å²) in [5.74, 6) is 0.532. The van der Waals surface area contributed by atoms with Crippen LogP contribution in [0.15, 0.2) is 36.5 Å². The maximum Gasteiger partial charge on any atom is 0.318 e. The van der Waals surface area contributed by atoms with Crippen LogP contribution in [-0.2, 0) is 4.74 Å². The van der Waals surface area contributed by atoms with Gasteiger partial charge in [-0.15, -0.1) is 0 Å². The van der Waals surface area contributed by atoms with E-state index in [0.717, 1.165) is 5.56 Å². The molecule has 112 valence electrons. The number of rotatable bonds is 7. The molecule has 21 heavy (non-hydrogen) atoms. The molecule has 1 aromatic heterocycles. The summed E-state index contributed by atoms with van der Waals surface area (Å²) in [4.78, 5) is 8.13. The summed E-state index contributed by atoms with van der Waals surface area (Å²) in [6, 6.07) is 10.3. The molecule has 1 aromatic carbocycles. The van der Waals surface area contributed by atoms with E-state index in [0.29, 0.717) is 24.0 Å². The molecule has 1 N–H and O–H groups in total. The van der Waals surface area contributed by atoms with Crippen LogP contribution in [0.25, 0.3) is 0 Å². The molecule has 1 heterocycles. The molecule has 5 nitrogen and oxygen atoms in total. The van der Waals surface area contributed by atoms with E-state index in [1.807, 2.05) is 37.3 Å². The summed E-state index contributed by atoms with van der Waals surface area (Å²) in [7, 11) is 1.51. The van der Waals surface area contributed by atoms with Crippen LogP contribution in [0.4, 0.5) is 5.82 Å². The Morgan fingerprint density at radius 3 is 2.71 bits per heavy atom. The van der Waals surface area contributed by atoms with Gasteiger partial charge in [-0.3, -0.25) is 0 Å². The van der Waals surface area contributed by atoms with Gasteiger partial charge in [0.05, 0.1) is 19.4 Å². The van der Waals surface area contributed by atoms with Gasteiger partial charge in [0, 0.05) is 13.2 Å². The van der Waals surface area contributed by atoms with Crippen molar-refractivity contribution in [2.75, 3.05) is 25.6 Å². The van der Waals surface area contributed by atoms with Crippen molar-refractivity contribution >= 4 is 17.4 Å². The van der Waals surface area contributed by atoms with Crippen LogP contribution in [0.1, 0.15) is 18.6 Å². The van der Waals surface area contributed by atoms with Gasteiger partial charge in [0.2, 0.25) is 0 Å². The fourth-order valence-corrected chi connectivity index (χ4v) is 2.06. The highest BCUT2D eigenvalue weighted by molar-refractivity contribution is 6.32. The standard InChI is InChI=1S/C15H18ClN3O2/c1-3-21-13(11-7-5-4-6-8-11)10-17-14-12(16)9-18-15(19-14)20-2/h4-9,13H,3,10H2,1-2H3,(H,17,18,19). The Morgan fingerprint density at radius 2 is 2.05 bits per heavy atom. The van der Waals surface area contributed by atoms with Crippen molar-refractivity contribution in [3.63, 3.8) is 0 Å². The molecule has 0 aliphatic carbocycles. The predicted molar refractivity (Wildman–Crippen MR) is 82.9 cm³/mol. The minimum atomic E-state index is -0.0757. The first-order valence-corrected chi connectivity index (χ1v) is 7.09. The van der Waals surface area contributed by atoms with Crippen LogP contribution < -0.4 is 10.1 Å². The molecule has 6 heteroatoms. The van der Waals surface area contributed by atoms with Gasteiger partial charge < -0.3 is 14.8 Å². The molecule has 0 amide bonds. The van der Waals surface area contributed by atoms with Crippen molar-refractivity contribution in [3.8, 4) is 6.01 Å². The zero-order valence-electron chi connectivity index (χ0n) is 12.0. The molecule has 0 bridgehead atoms. The second-order valence-corrected chi connectivity index (χ2v) is 4.70. The van der Waals surface area contributed by atoms with Gasteiger partial charge in [0.25, 0.3) is 0 Å². The molecule has 0 radical (unpaired) electrons. The molecule has 1 atom stereocenters. The van der Waals surface area contributed by atoms with Crippen LogP contribution in [0.3, 0.4) is 0 Å². The number of hydrogen-bond acceptors (Lipinski definition) is 5. The van der Waals surface area contributed by atoms with Crippen LogP contribution in [-0.4, -0.2) is 30.2 Å². The van der Waals surface area contributed by atoms with Gasteiger partial charge >= 0.3 is 6.01 Å². The highest BCUT2D eigenvalue weighted by Crippen LogP contribution is 2.23. The number of nitrogens with one attached hydrogen (secondary N) is 1. The van der Waals surface area contributed by atoms with Crippen molar-refractivity contribution < 1.29 is 9.47 Å². The second-order valence-electron chi connectivity index (χ2n) is 4.29. The lowest BCUT2D eigenvalue weighted by atomic mass is 10.1. The third-order valence-corrected chi connectivity index (χ3v) is 3.18. The van der Waals surface area contributed by atoms with E-state index in [4.69, 9.17) is 21.1 Å².